The Kier molecular flexibility index (Phi) is 8.45. The minimum Gasteiger partial charge on any atom is -0.504 e. The third-order valence-electron chi connectivity index (χ3n) is 12.6. The van der Waals surface area contributed by atoms with Crippen molar-refractivity contribution in [2.24, 2.45) is 11.8 Å². The molecule has 7 nitrogen and oxygen atoms in total. The number of para-hydroxylation sites is 1. The summed E-state index contributed by atoms with van der Waals surface area (Å²) in [6, 6.07) is 15.6. The van der Waals surface area contributed by atoms with Gasteiger partial charge in [-0.05, 0) is 99.3 Å². The average Bonchev–Trinajstić information content (AvgIpc) is 3.77. The molecule has 6 aromatic rings. The highest BCUT2D eigenvalue weighted by atomic mass is 32.1. The predicted molar refractivity (Wildman–Crippen MR) is 232 cm³/mol. The highest BCUT2D eigenvalue weighted by Gasteiger charge is 2.32. The molecule has 3 aromatic heterocycles. The third-order valence-corrected chi connectivity index (χ3v) is 13.8. The number of hydrogen-bond acceptors (Lipinski definition) is 7. The van der Waals surface area contributed by atoms with Gasteiger partial charge >= 0.3 is 0 Å². The van der Waals surface area contributed by atoms with Gasteiger partial charge < -0.3 is 19.9 Å². The van der Waals surface area contributed by atoms with Gasteiger partial charge in [0.2, 0.25) is 5.75 Å². The maximum atomic E-state index is 11.3. The number of benzene rings is 3. The maximum absolute atomic E-state index is 11.3. The van der Waals surface area contributed by atoms with Gasteiger partial charge in [0, 0.05) is 54.7 Å². The van der Waals surface area contributed by atoms with Crippen LogP contribution in [0.15, 0.2) is 96.1 Å². The lowest BCUT2D eigenvalue weighted by Crippen LogP contribution is -2.21. The number of hydrogen-bond donors (Lipinski definition) is 3. The second kappa shape index (κ2) is 13.6. The van der Waals surface area contributed by atoms with Crippen molar-refractivity contribution in [3.63, 3.8) is 0 Å². The first-order valence-corrected chi connectivity index (χ1v) is 20.8. The molecule has 3 unspecified atom stereocenters. The monoisotopic (exact) mass is 768 g/mol. The molecular formula is C49H44N4O3S. The highest BCUT2D eigenvalue weighted by molar-refractivity contribution is 7.19. The minimum atomic E-state index is -0.576. The summed E-state index contributed by atoms with van der Waals surface area (Å²) in [6.07, 6.45) is 24.8. The summed E-state index contributed by atoms with van der Waals surface area (Å²) >= 11 is 1.83. The molecular weight excluding hydrogens is 725 g/mol. The maximum Gasteiger partial charge on any atom is 0.201 e. The van der Waals surface area contributed by atoms with Crippen molar-refractivity contribution in [1.82, 2.24) is 19.5 Å². The lowest BCUT2D eigenvalue weighted by atomic mass is 9.74. The fourth-order valence-electron chi connectivity index (χ4n) is 9.44. The number of phenolic OH excluding ortho intramolecular Hbond substituents is 3. The van der Waals surface area contributed by atoms with E-state index in [0.29, 0.717) is 34.8 Å². The second-order valence-corrected chi connectivity index (χ2v) is 17.1. The van der Waals surface area contributed by atoms with Gasteiger partial charge in [-0.25, -0.2) is 15.0 Å². The van der Waals surface area contributed by atoms with Gasteiger partial charge in [0.25, 0.3) is 0 Å². The van der Waals surface area contributed by atoms with Crippen molar-refractivity contribution < 1.29 is 15.3 Å². The van der Waals surface area contributed by atoms with Gasteiger partial charge in [-0.2, -0.15) is 0 Å². The van der Waals surface area contributed by atoms with E-state index in [0.717, 1.165) is 31.3 Å². The van der Waals surface area contributed by atoms with Gasteiger partial charge in [0.05, 0.1) is 11.1 Å². The molecule has 0 radical (unpaired) electrons. The van der Waals surface area contributed by atoms with Gasteiger partial charge in [-0.15, -0.1) is 11.3 Å². The van der Waals surface area contributed by atoms with Crippen molar-refractivity contribution >= 4 is 50.1 Å². The molecule has 3 heterocycles. The Hall–Kier alpha value is -5.99. The predicted octanol–water partition coefficient (Wildman–Crippen LogP) is 11.6. The summed E-state index contributed by atoms with van der Waals surface area (Å²) in [5.74, 6) is 0.164. The molecule has 3 atom stereocenters. The van der Waals surface area contributed by atoms with Crippen molar-refractivity contribution in [3.05, 3.63) is 141 Å². The Bertz CT molecular complexity index is 2850. The number of rotatable bonds is 5. The van der Waals surface area contributed by atoms with E-state index in [1.807, 2.05) is 18.3 Å². The van der Waals surface area contributed by atoms with Crippen molar-refractivity contribution in [3.8, 4) is 34.3 Å². The Morgan fingerprint density at radius 1 is 0.772 bits per heavy atom. The summed E-state index contributed by atoms with van der Waals surface area (Å²) < 4.78 is 3.69. The molecule has 0 spiro atoms. The number of aromatic nitrogens is 4. The Morgan fingerprint density at radius 2 is 1.58 bits per heavy atom. The van der Waals surface area contributed by atoms with E-state index >= 15 is 0 Å². The molecule has 0 aliphatic heterocycles. The summed E-state index contributed by atoms with van der Waals surface area (Å²) in [5, 5.41) is 35.3. The number of fused-ring (bicyclic) bond motifs is 6. The van der Waals surface area contributed by atoms with E-state index in [-0.39, 0.29) is 29.3 Å². The number of thiophene rings is 1. The van der Waals surface area contributed by atoms with E-state index < -0.39 is 11.5 Å². The van der Waals surface area contributed by atoms with Crippen LogP contribution in [-0.4, -0.2) is 34.8 Å². The molecule has 4 aliphatic rings. The second-order valence-electron chi connectivity index (χ2n) is 16.0. The molecule has 284 valence electrons. The van der Waals surface area contributed by atoms with Crippen LogP contribution < -0.4 is 0 Å². The molecule has 0 saturated heterocycles. The zero-order valence-electron chi connectivity index (χ0n) is 32.5. The lowest BCUT2D eigenvalue weighted by molar-refractivity contribution is 0.366. The minimum absolute atomic E-state index is 0.0450. The normalized spacial score (nSPS) is 20.1. The average molecular weight is 769 g/mol. The van der Waals surface area contributed by atoms with Crippen LogP contribution in [0, 0.1) is 25.7 Å². The zero-order chi connectivity index (χ0) is 39.1. The summed E-state index contributed by atoms with van der Waals surface area (Å²) in [5.41, 5.74) is 11.4. The molecule has 0 fully saturated rings. The van der Waals surface area contributed by atoms with Crippen LogP contribution in [0.5, 0.6) is 17.2 Å². The first-order valence-electron chi connectivity index (χ1n) is 20.0. The molecule has 8 heteroatoms. The highest BCUT2D eigenvalue weighted by Crippen LogP contribution is 2.48. The Morgan fingerprint density at radius 3 is 2.44 bits per heavy atom. The van der Waals surface area contributed by atoms with E-state index in [2.05, 4.69) is 116 Å². The number of aromatic hydroxyl groups is 3. The van der Waals surface area contributed by atoms with Crippen LogP contribution in [0.1, 0.15) is 83.5 Å². The Labute approximate surface area is 336 Å². The van der Waals surface area contributed by atoms with Crippen LogP contribution in [0.25, 0.3) is 55.8 Å². The Balaban J connectivity index is 1.09. The van der Waals surface area contributed by atoms with Crippen molar-refractivity contribution in [1.29, 1.82) is 0 Å². The van der Waals surface area contributed by atoms with Crippen LogP contribution in [0.2, 0.25) is 0 Å². The van der Waals surface area contributed by atoms with Crippen LogP contribution >= 0.6 is 11.3 Å². The molecule has 0 amide bonds. The quantitative estimate of drug-likeness (QED) is 0.151. The van der Waals surface area contributed by atoms with E-state index in [1.165, 1.54) is 59.5 Å². The molecule has 3 N–H and O–H groups in total. The van der Waals surface area contributed by atoms with Crippen molar-refractivity contribution in [2.75, 3.05) is 0 Å². The lowest BCUT2D eigenvalue weighted by Gasteiger charge is -2.31. The fourth-order valence-corrected chi connectivity index (χ4v) is 10.7. The molecule has 4 aliphatic carbocycles. The zero-order valence-corrected chi connectivity index (χ0v) is 33.4. The number of nitrogens with zero attached hydrogens (tertiary/aromatic N) is 4. The fraction of sp³-hybridized carbons (Fsp3) is 0.245. The number of allylic oxidation sites excluding steroid dienone is 10. The molecule has 0 bridgehead atoms. The molecule has 57 heavy (non-hydrogen) atoms. The van der Waals surface area contributed by atoms with E-state index in [9.17, 15) is 15.3 Å². The van der Waals surface area contributed by atoms with E-state index in [4.69, 9.17) is 15.0 Å². The van der Waals surface area contributed by atoms with E-state index in [1.54, 1.807) is 6.92 Å². The third kappa shape index (κ3) is 5.64. The van der Waals surface area contributed by atoms with Crippen molar-refractivity contribution in [2.45, 2.75) is 65.7 Å². The van der Waals surface area contributed by atoms with Crippen LogP contribution in [0.3, 0.4) is 0 Å². The first kappa shape index (κ1) is 35.4. The summed E-state index contributed by atoms with van der Waals surface area (Å²) in [7, 11) is 0. The van der Waals surface area contributed by atoms with Gasteiger partial charge in [-0.3, -0.25) is 0 Å². The first-order chi connectivity index (χ1) is 27.7. The largest absolute Gasteiger partial charge is 0.504 e. The topological polar surface area (TPSA) is 104 Å². The van der Waals surface area contributed by atoms with Gasteiger partial charge in [0.15, 0.2) is 23.1 Å². The van der Waals surface area contributed by atoms with Crippen LogP contribution in [0.4, 0.5) is 0 Å². The molecule has 10 rings (SSSR count). The molecule has 0 saturated carbocycles. The molecule has 3 aromatic carbocycles. The van der Waals surface area contributed by atoms with Gasteiger partial charge in [0.1, 0.15) is 5.82 Å². The summed E-state index contributed by atoms with van der Waals surface area (Å²) in [6.45, 7) is 7.98. The summed E-state index contributed by atoms with van der Waals surface area (Å²) in [4.78, 5) is 16.7. The van der Waals surface area contributed by atoms with Crippen LogP contribution in [-0.2, 0) is 12.8 Å². The smallest absolute Gasteiger partial charge is 0.201 e. The van der Waals surface area contributed by atoms with Gasteiger partial charge in [-0.1, -0.05) is 91.4 Å². The number of phenols is 3. The standard InChI is InChI=1S/C49H44N4O3S/c1-26-12-5-6-14-32(26)42-27(2)13-11-17-37(42)48-50-47(51-49(52-48)43-28(3)29(4)44(54)46(56)45(43)55)30-20-22-35-36-23-21-31(25-41(36)57-40(35)24-30)53-38-18-9-7-15-33(38)34-16-8-10-19-39(34)53/h6-9,11,13-18,20-23,25,27,30,42,54-56H,5,10,12,19,24H2,1-4H3. The SMILES string of the molecule is CC1=C(C2C(c3nc(-c4c(C)c(C)c(O)c(O)c4O)nc(C4C=Cc5c(sc6cc(-n7c8c(c9ccccc97)C=CCC8)ccc56)C4)n3)=CC=CC2C)C=CCC1.